The Bertz CT molecular complexity index is 1050. The highest BCUT2D eigenvalue weighted by atomic mass is 35.5. The van der Waals surface area contributed by atoms with Gasteiger partial charge in [-0.1, -0.05) is 60.6 Å². The average Bonchev–Trinajstić information content (AvgIpc) is 2.82. The normalized spacial score (nSPS) is 15.2. The van der Waals surface area contributed by atoms with E-state index < -0.39 is 6.23 Å². The van der Waals surface area contributed by atoms with Crippen molar-refractivity contribution in [3.8, 4) is 17.1 Å². The van der Waals surface area contributed by atoms with Crippen molar-refractivity contribution in [1.29, 1.82) is 0 Å². The predicted molar refractivity (Wildman–Crippen MR) is 110 cm³/mol. The first-order valence-electron chi connectivity index (χ1n) is 8.77. The zero-order chi connectivity index (χ0) is 19.7. The standard InChI is InChI=1S/C20H17ClN4O2S/c1-3-28-20-22-18-17(23-24-20)15-9-4-5-10-16(15)25(12(2)26)19(27-18)13-7-6-8-14(21)11-13/h4-11,19H,3H2,1-2H3/t19-/m1/s1. The van der Waals surface area contributed by atoms with E-state index in [9.17, 15) is 4.79 Å². The van der Waals surface area contributed by atoms with E-state index >= 15 is 0 Å². The molecule has 6 nitrogen and oxygen atoms in total. The zero-order valence-corrected chi connectivity index (χ0v) is 16.9. The molecule has 1 amide bonds. The van der Waals surface area contributed by atoms with E-state index in [0.717, 1.165) is 16.9 Å². The molecule has 0 unspecified atom stereocenters. The molecule has 0 saturated heterocycles. The van der Waals surface area contributed by atoms with Gasteiger partial charge in [-0.05, 0) is 24.0 Å². The van der Waals surface area contributed by atoms with E-state index in [-0.39, 0.29) is 5.91 Å². The average molecular weight is 413 g/mol. The van der Waals surface area contributed by atoms with Crippen LogP contribution in [0.3, 0.4) is 0 Å². The van der Waals surface area contributed by atoms with Crippen LogP contribution in [0.5, 0.6) is 5.88 Å². The van der Waals surface area contributed by atoms with E-state index in [0.29, 0.717) is 27.4 Å². The summed E-state index contributed by atoms with van der Waals surface area (Å²) >= 11 is 7.68. The number of nitrogens with zero attached hydrogens (tertiary/aromatic N) is 4. The van der Waals surface area contributed by atoms with Crippen LogP contribution >= 0.6 is 23.4 Å². The van der Waals surface area contributed by atoms with E-state index in [2.05, 4.69) is 15.2 Å². The topological polar surface area (TPSA) is 68.2 Å². The summed E-state index contributed by atoms with van der Waals surface area (Å²) in [6.07, 6.45) is -0.727. The molecule has 28 heavy (non-hydrogen) atoms. The molecule has 0 fully saturated rings. The Hall–Kier alpha value is -2.64. The summed E-state index contributed by atoms with van der Waals surface area (Å²) in [5.41, 5.74) is 2.68. The second-order valence-corrected chi connectivity index (χ2v) is 7.78. The number of halogens is 1. The van der Waals surface area contributed by atoms with Crippen LogP contribution in [0.25, 0.3) is 11.3 Å². The van der Waals surface area contributed by atoms with Crippen LogP contribution < -0.4 is 9.64 Å². The van der Waals surface area contributed by atoms with Gasteiger partial charge in [0.05, 0.1) is 5.69 Å². The number of amides is 1. The van der Waals surface area contributed by atoms with Gasteiger partial charge in [0, 0.05) is 23.1 Å². The number of carbonyl (C=O) groups excluding carboxylic acids is 1. The van der Waals surface area contributed by atoms with Gasteiger partial charge in [-0.2, -0.15) is 4.98 Å². The fourth-order valence-electron chi connectivity index (χ4n) is 3.12. The maximum atomic E-state index is 12.7. The molecule has 1 aliphatic rings. The first kappa shape index (κ1) is 18.7. The maximum absolute atomic E-state index is 12.7. The van der Waals surface area contributed by atoms with E-state index in [1.807, 2.05) is 43.3 Å². The molecule has 142 valence electrons. The molecule has 0 saturated carbocycles. The third kappa shape index (κ3) is 3.43. The van der Waals surface area contributed by atoms with Crippen molar-refractivity contribution in [2.45, 2.75) is 25.2 Å². The van der Waals surface area contributed by atoms with Crippen LogP contribution in [-0.4, -0.2) is 26.8 Å². The van der Waals surface area contributed by atoms with Crippen molar-refractivity contribution >= 4 is 35.0 Å². The first-order valence-corrected chi connectivity index (χ1v) is 10.1. The van der Waals surface area contributed by atoms with Crippen molar-refractivity contribution in [3.63, 3.8) is 0 Å². The zero-order valence-electron chi connectivity index (χ0n) is 15.3. The molecule has 1 aliphatic heterocycles. The lowest BCUT2D eigenvalue weighted by Crippen LogP contribution is -2.36. The Kier molecular flexibility index (Phi) is 5.19. The summed E-state index contributed by atoms with van der Waals surface area (Å²) in [5, 5.41) is 9.65. The number of hydrogen-bond donors (Lipinski definition) is 0. The number of thioether (sulfide) groups is 1. The summed E-state index contributed by atoms with van der Waals surface area (Å²) in [4.78, 5) is 18.8. The lowest BCUT2D eigenvalue weighted by atomic mass is 10.1. The molecule has 8 heteroatoms. The van der Waals surface area contributed by atoms with Crippen molar-refractivity contribution in [3.05, 3.63) is 59.1 Å². The number of hydrogen-bond acceptors (Lipinski definition) is 6. The summed E-state index contributed by atoms with van der Waals surface area (Å²) in [6, 6.07) is 14.8. The minimum Gasteiger partial charge on any atom is -0.447 e. The molecule has 0 spiro atoms. The summed E-state index contributed by atoms with van der Waals surface area (Å²) in [5.74, 6) is 0.988. The third-order valence-electron chi connectivity index (χ3n) is 4.26. The van der Waals surface area contributed by atoms with E-state index in [4.69, 9.17) is 16.3 Å². The van der Waals surface area contributed by atoms with Crippen LogP contribution in [0, 0.1) is 0 Å². The molecule has 1 atom stereocenters. The second-order valence-electron chi connectivity index (χ2n) is 6.11. The summed E-state index contributed by atoms with van der Waals surface area (Å²) in [7, 11) is 0. The number of anilines is 1. The maximum Gasteiger partial charge on any atom is 0.247 e. The van der Waals surface area contributed by atoms with Crippen molar-refractivity contribution in [2.24, 2.45) is 0 Å². The highest BCUT2D eigenvalue weighted by Gasteiger charge is 2.34. The number of fused-ring (bicyclic) bond motifs is 3. The first-order chi connectivity index (χ1) is 13.6. The summed E-state index contributed by atoms with van der Waals surface area (Å²) in [6.45, 7) is 3.52. The van der Waals surface area contributed by atoms with Gasteiger partial charge in [-0.3, -0.25) is 9.69 Å². The minimum absolute atomic E-state index is 0.165. The Morgan fingerprint density at radius 3 is 2.79 bits per heavy atom. The molecule has 0 aliphatic carbocycles. The van der Waals surface area contributed by atoms with Gasteiger partial charge in [0.2, 0.25) is 23.2 Å². The molecule has 3 aromatic rings. The SMILES string of the molecule is CCSc1nnc2c(n1)O[C@H](c1cccc(Cl)c1)N(C(C)=O)c1ccccc1-2. The quantitative estimate of drug-likeness (QED) is 0.578. The van der Waals surface area contributed by atoms with Crippen LogP contribution in [0.1, 0.15) is 25.6 Å². The molecule has 2 heterocycles. The van der Waals surface area contributed by atoms with Crippen molar-refractivity contribution in [2.75, 3.05) is 10.7 Å². The van der Waals surface area contributed by atoms with Gasteiger partial charge in [0.25, 0.3) is 0 Å². The predicted octanol–water partition coefficient (Wildman–Crippen LogP) is 4.75. The van der Waals surface area contributed by atoms with Gasteiger partial charge >= 0.3 is 0 Å². The Morgan fingerprint density at radius 1 is 1.21 bits per heavy atom. The molecule has 2 aromatic carbocycles. The fraction of sp³-hybridized carbons (Fsp3) is 0.200. The molecule has 0 bridgehead atoms. The largest absolute Gasteiger partial charge is 0.447 e. The molecule has 0 N–H and O–H groups in total. The van der Waals surface area contributed by atoms with Gasteiger partial charge in [-0.15, -0.1) is 10.2 Å². The molecular weight excluding hydrogens is 396 g/mol. The Morgan fingerprint density at radius 2 is 2.04 bits per heavy atom. The molecule has 1 aromatic heterocycles. The fourth-order valence-corrected chi connectivity index (χ4v) is 3.82. The van der Waals surface area contributed by atoms with Gasteiger partial charge in [0.15, 0.2) is 5.69 Å². The highest BCUT2D eigenvalue weighted by Crippen LogP contribution is 2.43. The second kappa shape index (κ2) is 7.77. The van der Waals surface area contributed by atoms with Gasteiger partial charge < -0.3 is 4.74 Å². The number of aromatic nitrogens is 3. The highest BCUT2D eigenvalue weighted by molar-refractivity contribution is 7.99. The number of rotatable bonds is 3. The van der Waals surface area contributed by atoms with E-state index in [1.165, 1.54) is 18.7 Å². The number of benzene rings is 2. The summed E-state index contributed by atoms with van der Waals surface area (Å²) < 4.78 is 6.26. The molecule has 4 rings (SSSR count). The third-order valence-corrected chi connectivity index (χ3v) is 5.21. The smallest absolute Gasteiger partial charge is 0.247 e. The van der Waals surface area contributed by atoms with E-state index in [1.54, 1.807) is 17.0 Å². The molecule has 0 radical (unpaired) electrons. The van der Waals surface area contributed by atoms with Gasteiger partial charge in [-0.25, -0.2) is 0 Å². The lowest BCUT2D eigenvalue weighted by molar-refractivity contribution is -0.118. The number of para-hydroxylation sites is 1. The van der Waals surface area contributed by atoms with Crippen LogP contribution in [-0.2, 0) is 4.79 Å². The van der Waals surface area contributed by atoms with Crippen molar-refractivity contribution < 1.29 is 9.53 Å². The Labute approximate surface area is 171 Å². The monoisotopic (exact) mass is 412 g/mol. The minimum atomic E-state index is -0.727. The van der Waals surface area contributed by atoms with Crippen molar-refractivity contribution in [1.82, 2.24) is 15.2 Å². The molecular formula is C20H17ClN4O2S. The Balaban J connectivity index is 1.95. The number of carbonyl (C=O) groups is 1. The van der Waals surface area contributed by atoms with Crippen LogP contribution in [0.4, 0.5) is 5.69 Å². The lowest BCUT2D eigenvalue weighted by Gasteiger charge is -2.29. The van der Waals surface area contributed by atoms with Gasteiger partial charge in [0.1, 0.15) is 0 Å². The van der Waals surface area contributed by atoms with Crippen LogP contribution in [0.2, 0.25) is 5.02 Å². The van der Waals surface area contributed by atoms with Crippen LogP contribution in [0.15, 0.2) is 53.7 Å². The number of ether oxygens (including phenoxy) is 1.